The number of carbonyl (C=O) groups is 1. The van der Waals surface area contributed by atoms with Crippen molar-refractivity contribution in [1.82, 2.24) is 4.90 Å². The number of carbonyl (C=O) groups excluding carboxylic acids is 1. The van der Waals surface area contributed by atoms with Crippen LogP contribution in [0.25, 0.3) is 17.4 Å². The van der Waals surface area contributed by atoms with Gasteiger partial charge in [-0.15, -0.1) is 0 Å². The standard InChI is InChI=1S/C27H24FN3O4S/c1-17-11-12-19(31(33)34)15-21(17)24-14-13-20(35-24)16-25-26(32)30(18-7-3-2-4-8-18)27(36-25)29-23-10-6-5-9-22(23)28/h5-6,9-16,18H,2-4,7-8H2,1H3/b25-16-,29-27?. The van der Waals surface area contributed by atoms with Crippen molar-refractivity contribution in [3.63, 3.8) is 0 Å². The van der Waals surface area contributed by atoms with Crippen LogP contribution < -0.4 is 0 Å². The second-order valence-corrected chi connectivity index (χ2v) is 9.89. The van der Waals surface area contributed by atoms with Gasteiger partial charge in [0.05, 0.1) is 9.83 Å². The molecule has 3 aromatic rings. The number of rotatable bonds is 5. The number of non-ortho nitro benzene ring substituents is 1. The molecule has 0 unspecified atom stereocenters. The molecule has 0 N–H and O–H groups in total. The van der Waals surface area contributed by atoms with Gasteiger partial charge in [-0.2, -0.15) is 0 Å². The molecule has 1 aliphatic carbocycles. The number of amides is 1. The fourth-order valence-corrected chi connectivity index (χ4v) is 5.60. The highest BCUT2D eigenvalue weighted by molar-refractivity contribution is 8.18. The van der Waals surface area contributed by atoms with Crippen LogP contribution in [0.4, 0.5) is 15.8 Å². The number of halogens is 1. The first kappa shape index (κ1) is 24.0. The van der Waals surface area contributed by atoms with Gasteiger partial charge in [0.15, 0.2) is 5.17 Å². The molecule has 0 spiro atoms. The summed E-state index contributed by atoms with van der Waals surface area (Å²) in [5.41, 5.74) is 1.62. The Hall–Kier alpha value is -3.72. The van der Waals surface area contributed by atoms with Crippen LogP contribution in [0.1, 0.15) is 43.4 Å². The summed E-state index contributed by atoms with van der Waals surface area (Å²) in [5, 5.41) is 11.7. The van der Waals surface area contributed by atoms with Crippen LogP contribution in [0, 0.1) is 22.9 Å². The predicted octanol–water partition coefficient (Wildman–Crippen LogP) is 7.24. The predicted molar refractivity (Wildman–Crippen MR) is 138 cm³/mol. The van der Waals surface area contributed by atoms with Crippen molar-refractivity contribution in [3.8, 4) is 11.3 Å². The zero-order valence-electron chi connectivity index (χ0n) is 19.6. The highest BCUT2D eigenvalue weighted by Gasteiger charge is 2.39. The maximum atomic E-state index is 14.3. The first-order valence-electron chi connectivity index (χ1n) is 11.8. The first-order chi connectivity index (χ1) is 17.4. The van der Waals surface area contributed by atoms with Crippen LogP contribution in [0.3, 0.4) is 0 Å². The van der Waals surface area contributed by atoms with E-state index >= 15 is 0 Å². The number of para-hydroxylation sites is 1. The lowest BCUT2D eigenvalue weighted by molar-refractivity contribution is -0.384. The fraction of sp³-hybridized carbons (Fsp3) is 0.259. The zero-order chi connectivity index (χ0) is 25.2. The van der Waals surface area contributed by atoms with E-state index < -0.39 is 10.7 Å². The molecule has 5 rings (SSSR count). The minimum atomic E-state index is -0.446. The number of hydrogen-bond acceptors (Lipinski definition) is 6. The van der Waals surface area contributed by atoms with Gasteiger partial charge in [-0.3, -0.25) is 19.8 Å². The molecule has 7 nitrogen and oxygen atoms in total. The van der Waals surface area contributed by atoms with Crippen LogP contribution >= 0.6 is 11.8 Å². The molecule has 36 heavy (non-hydrogen) atoms. The van der Waals surface area contributed by atoms with E-state index in [1.54, 1.807) is 47.4 Å². The lowest BCUT2D eigenvalue weighted by Crippen LogP contribution is -2.40. The van der Waals surface area contributed by atoms with Crippen molar-refractivity contribution in [1.29, 1.82) is 0 Å². The number of aliphatic imine (C=N–C) groups is 1. The molecule has 0 bridgehead atoms. The lowest BCUT2D eigenvalue weighted by atomic mass is 9.94. The second kappa shape index (κ2) is 10.1. The largest absolute Gasteiger partial charge is 0.457 e. The maximum Gasteiger partial charge on any atom is 0.270 e. The topological polar surface area (TPSA) is 89.0 Å². The Morgan fingerprint density at radius 2 is 1.92 bits per heavy atom. The number of amidine groups is 1. The summed E-state index contributed by atoms with van der Waals surface area (Å²) in [6.07, 6.45) is 6.63. The molecule has 2 aliphatic rings. The molecule has 0 atom stereocenters. The molecule has 2 fully saturated rings. The third-order valence-electron chi connectivity index (χ3n) is 6.44. The smallest absolute Gasteiger partial charge is 0.270 e. The molecule has 0 radical (unpaired) electrons. The average Bonchev–Trinajstić information content (AvgIpc) is 3.45. The Morgan fingerprint density at radius 3 is 2.67 bits per heavy atom. The molecule has 1 saturated carbocycles. The SMILES string of the molecule is Cc1ccc([N+](=O)[O-])cc1-c1ccc(/C=C2\SC(=Nc3ccccc3F)N(C3CCCCC3)C2=O)o1. The fourth-order valence-electron chi connectivity index (χ4n) is 4.56. The van der Waals surface area contributed by atoms with Gasteiger partial charge in [-0.25, -0.2) is 9.38 Å². The minimum absolute atomic E-state index is 0.0226. The lowest BCUT2D eigenvalue weighted by Gasteiger charge is -2.30. The highest BCUT2D eigenvalue weighted by Crippen LogP contribution is 2.39. The maximum absolute atomic E-state index is 14.3. The van der Waals surface area contributed by atoms with Crippen LogP contribution in [-0.2, 0) is 4.79 Å². The van der Waals surface area contributed by atoms with E-state index in [0.29, 0.717) is 27.2 Å². The van der Waals surface area contributed by atoms with Gasteiger partial charge in [0, 0.05) is 29.8 Å². The van der Waals surface area contributed by atoms with E-state index in [4.69, 9.17) is 4.42 Å². The third-order valence-corrected chi connectivity index (χ3v) is 7.43. The molecule has 2 heterocycles. The monoisotopic (exact) mass is 505 g/mol. The summed E-state index contributed by atoms with van der Waals surface area (Å²) in [6.45, 7) is 1.85. The van der Waals surface area contributed by atoms with Crippen LogP contribution in [0.2, 0.25) is 0 Å². The van der Waals surface area contributed by atoms with Crippen molar-refractivity contribution < 1.29 is 18.5 Å². The molecule has 1 amide bonds. The number of nitrogens with zero attached hydrogens (tertiary/aromatic N) is 3. The van der Waals surface area contributed by atoms with Gasteiger partial charge >= 0.3 is 0 Å². The molecule has 1 aromatic heterocycles. The van der Waals surface area contributed by atoms with Gasteiger partial charge in [0.2, 0.25) is 0 Å². The van der Waals surface area contributed by atoms with Crippen molar-refractivity contribution >= 4 is 40.3 Å². The van der Waals surface area contributed by atoms with E-state index in [1.807, 2.05) is 6.92 Å². The molecule has 9 heteroatoms. The van der Waals surface area contributed by atoms with Gasteiger partial charge in [-0.05, 0) is 61.4 Å². The Labute approximate surface area is 211 Å². The van der Waals surface area contributed by atoms with Gasteiger partial charge < -0.3 is 4.42 Å². The Bertz CT molecular complexity index is 1390. The van der Waals surface area contributed by atoms with Crippen molar-refractivity contribution in [2.75, 3.05) is 0 Å². The molecular formula is C27H24FN3O4S. The van der Waals surface area contributed by atoms with Crippen molar-refractivity contribution in [2.24, 2.45) is 4.99 Å². The first-order valence-corrected chi connectivity index (χ1v) is 12.6. The summed E-state index contributed by atoms with van der Waals surface area (Å²) < 4.78 is 20.3. The summed E-state index contributed by atoms with van der Waals surface area (Å²) >= 11 is 1.20. The second-order valence-electron chi connectivity index (χ2n) is 8.88. The Morgan fingerprint density at radius 1 is 1.14 bits per heavy atom. The highest BCUT2D eigenvalue weighted by atomic mass is 32.2. The van der Waals surface area contributed by atoms with E-state index in [1.165, 1.54) is 30.0 Å². The van der Waals surface area contributed by atoms with Crippen LogP contribution in [0.15, 0.2) is 68.9 Å². The normalized spacial score (nSPS) is 18.9. The van der Waals surface area contributed by atoms with E-state index in [9.17, 15) is 19.3 Å². The molecule has 2 aromatic carbocycles. The third kappa shape index (κ3) is 4.83. The molecule has 1 aliphatic heterocycles. The van der Waals surface area contributed by atoms with E-state index in [0.717, 1.165) is 37.7 Å². The Kier molecular flexibility index (Phi) is 6.73. The number of furan rings is 1. The molecule has 1 saturated heterocycles. The zero-order valence-corrected chi connectivity index (χ0v) is 20.5. The number of thioether (sulfide) groups is 1. The summed E-state index contributed by atoms with van der Waals surface area (Å²) in [6, 6.07) is 14.4. The minimum Gasteiger partial charge on any atom is -0.457 e. The van der Waals surface area contributed by atoms with E-state index in [2.05, 4.69) is 4.99 Å². The molecule has 184 valence electrons. The quantitative estimate of drug-likeness (QED) is 0.207. The molecular weight excluding hydrogens is 481 g/mol. The van der Waals surface area contributed by atoms with Crippen molar-refractivity contribution in [3.05, 3.63) is 86.8 Å². The summed E-state index contributed by atoms with van der Waals surface area (Å²) in [7, 11) is 0. The Balaban J connectivity index is 1.48. The summed E-state index contributed by atoms with van der Waals surface area (Å²) in [5.74, 6) is 0.305. The van der Waals surface area contributed by atoms with Crippen LogP contribution in [0.5, 0.6) is 0 Å². The van der Waals surface area contributed by atoms with Crippen LogP contribution in [-0.4, -0.2) is 26.9 Å². The summed E-state index contributed by atoms with van der Waals surface area (Å²) in [4.78, 5) is 30.9. The van der Waals surface area contributed by atoms with Gasteiger partial charge in [-0.1, -0.05) is 37.5 Å². The number of nitro benzene ring substituents is 1. The van der Waals surface area contributed by atoms with Gasteiger partial charge in [0.25, 0.3) is 11.6 Å². The number of hydrogen-bond donors (Lipinski definition) is 0. The number of nitro groups is 1. The number of aryl methyl sites for hydroxylation is 1. The van der Waals surface area contributed by atoms with Gasteiger partial charge in [0.1, 0.15) is 23.0 Å². The van der Waals surface area contributed by atoms with Crippen molar-refractivity contribution in [2.45, 2.75) is 45.1 Å². The van der Waals surface area contributed by atoms with E-state index in [-0.39, 0.29) is 23.3 Å². The average molecular weight is 506 g/mol. The number of benzene rings is 2.